The number of ether oxygens (including phenoxy) is 1. The maximum absolute atomic E-state index is 11.3. The maximum Gasteiger partial charge on any atom is 0.339 e. The number of carbonyl (C=O) groups is 1. The monoisotopic (exact) mass is 288 g/mol. The number of hydrogen-bond donors (Lipinski definition) is 1. The second-order valence-electron chi connectivity index (χ2n) is 4.28. The molecule has 1 unspecified atom stereocenters. The van der Waals surface area contributed by atoms with E-state index >= 15 is 0 Å². The minimum absolute atomic E-state index is 0.529. The van der Waals surface area contributed by atoms with Crippen molar-refractivity contribution in [2.45, 2.75) is 11.0 Å². The molecule has 0 aliphatic rings. The molecule has 0 amide bonds. The molecular formula is C16H16O3S. The van der Waals surface area contributed by atoms with Crippen LogP contribution in [-0.4, -0.2) is 24.4 Å². The van der Waals surface area contributed by atoms with Gasteiger partial charge in [0.15, 0.2) is 6.10 Å². The third-order valence-electron chi connectivity index (χ3n) is 3.07. The molecule has 0 aromatic heterocycles. The minimum atomic E-state index is -1.23. The quantitative estimate of drug-likeness (QED) is 0.693. The van der Waals surface area contributed by atoms with Crippen molar-refractivity contribution in [1.29, 1.82) is 0 Å². The molecule has 0 fully saturated rings. The lowest BCUT2D eigenvalue weighted by Gasteiger charge is -2.09. The number of carbonyl (C=O) groups excluding carboxylic acids is 1. The summed E-state index contributed by atoms with van der Waals surface area (Å²) >= 11 is 1.70. The first kappa shape index (κ1) is 14.6. The Balaban J connectivity index is 2.20. The summed E-state index contributed by atoms with van der Waals surface area (Å²) in [5, 5.41) is 9.74. The van der Waals surface area contributed by atoms with Gasteiger partial charge in [-0.15, -0.1) is 11.8 Å². The summed E-state index contributed by atoms with van der Waals surface area (Å²) in [6, 6.07) is 15.5. The molecule has 0 aliphatic carbocycles. The van der Waals surface area contributed by atoms with Gasteiger partial charge in [0, 0.05) is 4.90 Å². The number of esters is 1. The molecule has 3 nitrogen and oxygen atoms in total. The number of rotatable bonds is 4. The Labute approximate surface area is 122 Å². The van der Waals surface area contributed by atoms with Gasteiger partial charge in [-0.2, -0.15) is 0 Å². The van der Waals surface area contributed by atoms with Crippen LogP contribution in [0.25, 0.3) is 11.1 Å². The van der Waals surface area contributed by atoms with Crippen molar-refractivity contribution >= 4 is 17.7 Å². The molecule has 2 rings (SSSR count). The van der Waals surface area contributed by atoms with Gasteiger partial charge in [0.05, 0.1) is 7.11 Å². The van der Waals surface area contributed by atoms with Gasteiger partial charge in [0.2, 0.25) is 0 Å². The second-order valence-corrected chi connectivity index (χ2v) is 5.16. The van der Waals surface area contributed by atoms with Gasteiger partial charge in [-0.1, -0.05) is 36.4 Å². The SMILES string of the molecule is COC(=O)C(O)c1ccc(-c2ccc(SC)cc2)cc1. The minimum Gasteiger partial charge on any atom is -0.467 e. The first-order valence-corrected chi connectivity index (χ1v) is 7.38. The second kappa shape index (κ2) is 6.59. The van der Waals surface area contributed by atoms with E-state index in [1.165, 1.54) is 12.0 Å². The molecule has 0 saturated carbocycles. The number of benzene rings is 2. The van der Waals surface area contributed by atoms with E-state index in [4.69, 9.17) is 0 Å². The zero-order valence-corrected chi connectivity index (χ0v) is 12.2. The average molecular weight is 288 g/mol. The summed E-state index contributed by atoms with van der Waals surface area (Å²) in [7, 11) is 1.26. The summed E-state index contributed by atoms with van der Waals surface area (Å²) in [5.41, 5.74) is 2.67. The first-order chi connectivity index (χ1) is 9.65. The third kappa shape index (κ3) is 3.21. The average Bonchev–Trinajstić information content (AvgIpc) is 2.53. The number of thioether (sulfide) groups is 1. The summed E-state index contributed by atoms with van der Waals surface area (Å²) in [4.78, 5) is 12.5. The van der Waals surface area contributed by atoms with Crippen molar-refractivity contribution in [2.75, 3.05) is 13.4 Å². The highest BCUT2D eigenvalue weighted by Crippen LogP contribution is 2.24. The number of methoxy groups -OCH3 is 1. The van der Waals surface area contributed by atoms with Crippen molar-refractivity contribution in [2.24, 2.45) is 0 Å². The molecular weight excluding hydrogens is 272 g/mol. The Hall–Kier alpha value is -1.78. The van der Waals surface area contributed by atoms with Gasteiger partial charge in [-0.3, -0.25) is 0 Å². The topological polar surface area (TPSA) is 46.5 Å². The van der Waals surface area contributed by atoms with Crippen LogP contribution < -0.4 is 0 Å². The highest BCUT2D eigenvalue weighted by molar-refractivity contribution is 7.98. The van der Waals surface area contributed by atoms with Crippen LogP contribution in [0, 0.1) is 0 Å². The Bertz CT molecular complexity index is 576. The van der Waals surface area contributed by atoms with E-state index in [1.54, 1.807) is 23.9 Å². The lowest BCUT2D eigenvalue weighted by Crippen LogP contribution is -2.13. The van der Waals surface area contributed by atoms with Gasteiger partial charge in [0.25, 0.3) is 0 Å². The Morgan fingerprint density at radius 2 is 1.55 bits per heavy atom. The van der Waals surface area contributed by atoms with E-state index in [9.17, 15) is 9.90 Å². The zero-order chi connectivity index (χ0) is 14.5. The van der Waals surface area contributed by atoms with Crippen molar-refractivity contribution < 1.29 is 14.6 Å². The van der Waals surface area contributed by atoms with E-state index in [1.807, 2.05) is 18.4 Å². The van der Waals surface area contributed by atoms with Crippen LogP contribution >= 0.6 is 11.8 Å². The van der Waals surface area contributed by atoms with Crippen molar-refractivity contribution in [1.82, 2.24) is 0 Å². The molecule has 0 saturated heterocycles. The Morgan fingerprint density at radius 1 is 1.05 bits per heavy atom. The Kier molecular flexibility index (Phi) is 4.82. The molecule has 4 heteroatoms. The van der Waals surface area contributed by atoms with Crippen molar-refractivity contribution in [3.63, 3.8) is 0 Å². The normalized spacial score (nSPS) is 11.9. The van der Waals surface area contributed by atoms with E-state index in [0.717, 1.165) is 11.1 Å². The molecule has 2 aromatic rings. The lowest BCUT2D eigenvalue weighted by molar-refractivity contribution is -0.150. The molecule has 1 N–H and O–H groups in total. The fraction of sp³-hybridized carbons (Fsp3) is 0.188. The van der Waals surface area contributed by atoms with Crippen molar-refractivity contribution in [3.05, 3.63) is 54.1 Å². The number of aliphatic hydroxyl groups is 1. The molecule has 0 heterocycles. The van der Waals surface area contributed by atoms with E-state index in [2.05, 4.69) is 29.0 Å². The van der Waals surface area contributed by atoms with E-state index in [0.29, 0.717) is 5.56 Å². The van der Waals surface area contributed by atoms with Gasteiger partial charge in [-0.05, 0) is 35.1 Å². The third-order valence-corrected chi connectivity index (χ3v) is 3.82. The molecule has 0 bridgehead atoms. The van der Waals surface area contributed by atoms with Crippen LogP contribution in [0.4, 0.5) is 0 Å². The fourth-order valence-corrected chi connectivity index (χ4v) is 2.30. The molecule has 20 heavy (non-hydrogen) atoms. The highest BCUT2D eigenvalue weighted by Gasteiger charge is 2.17. The smallest absolute Gasteiger partial charge is 0.339 e. The maximum atomic E-state index is 11.3. The molecule has 1 atom stereocenters. The van der Waals surface area contributed by atoms with Crippen LogP contribution in [0.15, 0.2) is 53.4 Å². The standard InChI is InChI=1S/C16H16O3S/c1-19-16(18)15(17)13-5-3-11(4-6-13)12-7-9-14(20-2)10-8-12/h3-10,15,17H,1-2H3. The molecule has 0 radical (unpaired) electrons. The molecule has 104 valence electrons. The predicted octanol–water partition coefficient (Wildman–Crippen LogP) is 3.28. The van der Waals surface area contributed by atoms with E-state index in [-0.39, 0.29) is 0 Å². The summed E-state index contributed by atoms with van der Waals surface area (Å²) < 4.78 is 4.52. The molecule has 2 aromatic carbocycles. The van der Waals surface area contributed by atoms with Gasteiger partial charge < -0.3 is 9.84 Å². The van der Waals surface area contributed by atoms with Crippen LogP contribution in [0.1, 0.15) is 11.7 Å². The van der Waals surface area contributed by atoms with Gasteiger partial charge >= 0.3 is 5.97 Å². The predicted molar refractivity (Wildman–Crippen MR) is 80.6 cm³/mol. The van der Waals surface area contributed by atoms with E-state index < -0.39 is 12.1 Å². The molecule has 0 spiro atoms. The summed E-state index contributed by atoms with van der Waals surface area (Å²) in [6.45, 7) is 0. The summed E-state index contributed by atoms with van der Waals surface area (Å²) in [6.07, 6.45) is 0.811. The van der Waals surface area contributed by atoms with Crippen LogP contribution in [-0.2, 0) is 9.53 Å². The number of hydrogen-bond acceptors (Lipinski definition) is 4. The summed E-state index contributed by atoms with van der Waals surface area (Å²) in [5.74, 6) is -0.651. The van der Waals surface area contributed by atoms with Gasteiger partial charge in [0.1, 0.15) is 0 Å². The highest BCUT2D eigenvalue weighted by atomic mass is 32.2. The fourth-order valence-electron chi connectivity index (χ4n) is 1.89. The van der Waals surface area contributed by atoms with Crippen molar-refractivity contribution in [3.8, 4) is 11.1 Å². The van der Waals surface area contributed by atoms with Crippen LogP contribution in [0.5, 0.6) is 0 Å². The first-order valence-electron chi connectivity index (χ1n) is 6.16. The van der Waals surface area contributed by atoms with Crippen LogP contribution in [0.3, 0.4) is 0 Å². The largest absolute Gasteiger partial charge is 0.467 e. The number of aliphatic hydroxyl groups excluding tert-OH is 1. The lowest BCUT2D eigenvalue weighted by atomic mass is 10.0. The Morgan fingerprint density at radius 3 is 2.00 bits per heavy atom. The van der Waals surface area contributed by atoms with Crippen LogP contribution in [0.2, 0.25) is 0 Å². The molecule has 0 aliphatic heterocycles. The zero-order valence-electron chi connectivity index (χ0n) is 11.4. The van der Waals surface area contributed by atoms with Gasteiger partial charge in [-0.25, -0.2) is 4.79 Å².